The molecule has 0 fully saturated rings. The number of furan rings is 1. The zero-order valence-corrected chi connectivity index (χ0v) is 16.2. The first kappa shape index (κ1) is 19.2. The first-order valence-electron chi connectivity index (χ1n) is 8.19. The summed E-state index contributed by atoms with van der Waals surface area (Å²) >= 11 is 5.93. The van der Waals surface area contributed by atoms with Crippen molar-refractivity contribution in [1.82, 2.24) is 5.32 Å². The van der Waals surface area contributed by atoms with Gasteiger partial charge in [-0.3, -0.25) is 9.00 Å². The molecule has 27 heavy (non-hydrogen) atoms. The number of hydrogen-bond donors (Lipinski definition) is 1. The van der Waals surface area contributed by atoms with Crippen LogP contribution in [0.25, 0.3) is 0 Å². The molecule has 3 rings (SSSR count). The summed E-state index contributed by atoms with van der Waals surface area (Å²) in [7, 11) is 0.301. The highest BCUT2D eigenvalue weighted by Crippen LogP contribution is 2.18. The van der Waals surface area contributed by atoms with Crippen LogP contribution in [0.3, 0.4) is 0 Å². The molecule has 5 nitrogen and oxygen atoms in total. The van der Waals surface area contributed by atoms with E-state index in [2.05, 4.69) is 5.32 Å². The second kappa shape index (κ2) is 8.88. The third-order valence-electron chi connectivity index (χ3n) is 3.82. The molecule has 0 aliphatic rings. The maximum absolute atomic E-state index is 12.4. The van der Waals surface area contributed by atoms with Gasteiger partial charge in [-0.15, -0.1) is 0 Å². The van der Waals surface area contributed by atoms with E-state index < -0.39 is 10.8 Å². The van der Waals surface area contributed by atoms with Crippen molar-refractivity contribution in [3.8, 4) is 5.75 Å². The largest absolute Gasteiger partial charge is 0.497 e. The topological polar surface area (TPSA) is 68.5 Å². The molecule has 1 aromatic heterocycles. The van der Waals surface area contributed by atoms with E-state index >= 15 is 0 Å². The predicted molar refractivity (Wildman–Crippen MR) is 104 cm³/mol. The number of hydrogen-bond acceptors (Lipinski definition) is 4. The number of nitrogens with one attached hydrogen (secondary N) is 1. The summed E-state index contributed by atoms with van der Waals surface area (Å²) in [5.74, 6) is 1.22. The minimum atomic E-state index is -1.28. The summed E-state index contributed by atoms with van der Waals surface area (Å²) < 4.78 is 23.1. The molecule has 0 saturated heterocycles. The molecule has 1 atom stereocenters. The first-order valence-corrected chi connectivity index (χ1v) is 9.88. The highest BCUT2D eigenvalue weighted by Gasteiger charge is 2.14. The van der Waals surface area contributed by atoms with Crippen LogP contribution >= 0.6 is 11.6 Å². The molecule has 0 aliphatic heterocycles. The Balaban J connectivity index is 1.58. The van der Waals surface area contributed by atoms with Crippen LogP contribution in [-0.4, -0.2) is 17.2 Å². The standard InChI is InChI=1S/C20H18ClNO4S/c1-25-16-5-8-18(9-6-16)27(24)13-17-7-10-19(26-17)20(23)22-12-14-3-2-4-15(21)11-14/h2-11H,12-13H2,1H3,(H,22,23)/t27-/m0/s1. The average molecular weight is 404 g/mol. The van der Waals surface area contributed by atoms with E-state index in [4.69, 9.17) is 20.8 Å². The van der Waals surface area contributed by atoms with Crippen LogP contribution in [0.5, 0.6) is 5.75 Å². The molecule has 7 heteroatoms. The molecule has 0 radical (unpaired) electrons. The van der Waals surface area contributed by atoms with Gasteiger partial charge >= 0.3 is 0 Å². The molecule has 0 saturated carbocycles. The smallest absolute Gasteiger partial charge is 0.287 e. The predicted octanol–water partition coefficient (Wildman–Crippen LogP) is 4.18. The van der Waals surface area contributed by atoms with Crippen LogP contribution in [0.4, 0.5) is 0 Å². The molecule has 0 spiro atoms. The van der Waals surface area contributed by atoms with E-state index in [1.165, 1.54) is 0 Å². The Kier molecular flexibility index (Phi) is 6.32. The monoisotopic (exact) mass is 403 g/mol. The Morgan fingerprint density at radius 1 is 1.15 bits per heavy atom. The van der Waals surface area contributed by atoms with Crippen molar-refractivity contribution in [1.29, 1.82) is 0 Å². The number of amides is 1. The molecule has 1 amide bonds. The van der Waals surface area contributed by atoms with Gasteiger partial charge in [-0.05, 0) is 54.1 Å². The van der Waals surface area contributed by atoms with Crippen LogP contribution in [0.1, 0.15) is 21.9 Å². The van der Waals surface area contributed by atoms with Crippen molar-refractivity contribution < 1.29 is 18.2 Å². The number of halogens is 1. The van der Waals surface area contributed by atoms with Crippen LogP contribution in [0, 0.1) is 0 Å². The number of benzene rings is 2. The van der Waals surface area contributed by atoms with Gasteiger partial charge in [-0.2, -0.15) is 0 Å². The van der Waals surface area contributed by atoms with E-state index in [9.17, 15) is 9.00 Å². The number of methoxy groups -OCH3 is 1. The Labute approximate surface area is 164 Å². The van der Waals surface area contributed by atoms with E-state index in [1.807, 2.05) is 12.1 Å². The highest BCUT2D eigenvalue weighted by molar-refractivity contribution is 7.84. The number of carbonyl (C=O) groups is 1. The van der Waals surface area contributed by atoms with E-state index in [0.717, 1.165) is 5.56 Å². The van der Waals surface area contributed by atoms with Crippen LogP contribution in [0.15, 0.2) is 70.0 Å². The summed E-state index contributed by atoms with van der Waals surface area (Å²) in [4.78, 5) is 12.9. The molecule has 0 aliphatic carbocycles. The van der Waals surface area contributed by atoms with E-state index in [0.29, 0.717) is 28.0 Å². The fourth-order valence-electron chi connectivity index (χ4n) is 2.43. The SMILES string of the molecule is COc1ccc([S@@](=O)Cc2ccc(C(=O)NCc3cccc(Cl)c3)o2)cc1. The van der Waals surface area contributed by atoms with Gasteiger partial charge in [-0.1, -0.05) is 23.7 Å². The van der Waals surface area contributed by atoms with Gasteiger partial charge in [0.15, 0.2) is 5.76 Å². The van der Waals surface area contributed by atoms with Gasteiger partial charge in [0.1, 0.15) is 11.5 Å². The minimum absolute atomic E-state index is 0.179. The Morgan fingerprint density at radius 3 is 2.63 bits per heavy atom. The quantitative estimate of drug-likeness (QED) is 0.642. The van der Waals surface area contributed by atoms with Gasteiger partial charge in [0.25, 0.3) is 5.91 Å². The number of ether oxygens (including phenoxy) is 1. The minimum Gasteiger partial charge on any atom is -0.497 e. The molecular weight excluding hydrogens is 386 g/mol. The van der Waals surface area contributed by atoms with E-state index in [1.54, 1.807) is 55.6 Å². The zero-order chi connectivity index (χ0) is 19.2. The first-order chi connectivity index (χ1) is 13.0. The second-order valence-corrected chi connectivity index (χ2v) is 7.63. The van der Waals surface area contributed by atoms with Crippen molar-refractivity contribution in [2.75, 3.05) is 7.11 Å². The Hall–Kier alpha value is -2.57. The number of rotatable bonds is 7. The summed E-state index contributed by atoms with van der Waals surface area (Å²) in [6.07, 6.45) is 0. The summed E-state index contributed by atoms with van der Waals surface area (Å²) in [5.41, 5.74) is 0.892. The molecule has 0 unspecified atom stereocenters. The Bertz CT molecular complexity index is 953. The molecule has 1 N–H and O–H groups in total. The summed E-state index contributed by atoms with van der Waals surface area (Å²) in [6.45, 7) is 0.340. The normalized spacial score (nSPS) is 11.8. The van der Waals surface area contributed by atoms with Gasteiger partial charge in [0, 0.05) is 16.5 Å². The van der Waals surface area contributed by atoms with Crippen molar-refractivity contribution in [2.24, 2.45) is 0 Å². The average Bonchev–Trinajstić information content (AvgIpc) is 3.15. The zero-order valence-electron chi connectivity index (χ0n) is 14.6. The lowest BCUT2D eigenvalue weighted by Gasteiger charge is -2.04. The third kappa shape index (κ3) is 5.21. The molecular formula is C20H18ClNO4S. The lowest BCUT2D eigenvalue weighted by atomic mass is 10.2. The van der Waals surface area contributed by atoms with Crippen LogP contribution in [-0.2, 0) is 23.1 Å². The van der Waals surface area contributed by atoms with Crippen molar-refractivity contribution in [3.05, 3.63) is 82.8 Å². The maximum Gasteiger partial charge on any atom is 0.287 e. The fourth-order valence-corrected chi connectivity index (χ4v) is 3.67. The highest BCUT2D eigenvalue weighted by atomic mass is 35.5. The molecule has 1 heterocycles. The van der Waals surface area contributed by atoms with Gasteiger partial charge < -0.3 is 14.5 Å². The summed E-state index contributed by atoms with van der Waals surface area (Å²) in [5, 5.41) is 3.39. The van der Waals surface area contributed by atoms with Crippen LogP contribution in [0.2, 0.25) is 5.02 Å². The Morgan fingerprint density at radius 2 is 1.93 bits per heavy atom. The van der Waals surface area contributed by atoms with E-state index in [-0.39, 0.29) is 17.4 Å². The maximum atomic E-state index is 12.4. The van der Waals surface area contributed by atoms with Gasteiger partial charge in [0.2, 0.25) is 0 Å². The molecule has 140 valence electrons. The van der Waals surface area contributed by atoms with Crippen molar-refractivity contribution >= 4 is 28.3 Å². The molecule has 2 aromatic carbocycles. The number of carbonyl (C=O) groups excluding carboxylic acids is 1. The third-order valence-corrected chi connectivity index (χ3v) is 5.40. The lowest BCUT2D eigenvalue weighted by molar-refractivity contribution is 0.0921. The fraction of sp³-hybridized carbons (Fsp3) is 0.150. The van der Waals surface area contributed by atoms with Crippen molar-refractivity contribution in [3.63, 3.8) is 0 Å². The summed E-state index contributed by atoms with van der Waals surface area (Å²) in [6, 6.07) is 17.5. The van der Waals surface area contributed by atoms with Crippen molar-refractivity contribution in [2.45, 2.75) is 17.2 Å². The molecule has 3 aromatic rings. The second-order valence-electron chi connectivity index (χ2n) is 5.74. The molecule has 0 bridgehead atoms. The lowest BCUT2D eigenvalue weighted by Crippen LogP contribution is -2.22. The van der Waals surface area contributed by atoms with Gasteiger partial charge in [-0.25, -0.2) is 0 Å². The van der Waals surface area contributed by atoms with Gasteiger partial charge in [0.05, 0.1) is 23.7 Å². The van der Waals surface area contributed by atoms with Crippen LogP contribution < -0.4 is 10.1 Å².